The predicted molar refractivity (Wildman–Crippen MR) is 74.9 cm³/mol. The summed E-state index contributed by atoms with van der Waals surface area (Å²) < 4.78 is 5.84. The van der Waals surface area contributed by atoms with Gasteiger partial charge in [0, 0.05) is 5.56 Å². The molecule has 2 rings (SSSR count). The Morgan fingerprint density at radius 2 is 2.18 bits per heavy atom. The van der Waals surface area contributed by atoms with Crippen molar-refractivity contribution in [3.8, 4) is 5.75 Å². The molecule has 1 aliphatic heterocycles. The molecule has 2 unspecified atom stereocenters. The molecule has 94 valence electrons. The van der Waals surface area contributed by atoms with Gasteiger partial charge in [-0.2, -0.15) is 11.8 Å². The SMILES string of the molecule is CCCNC1c2ccccc2OCC1SCC. The summed E-state index contributed by atoms with van der Waals surface area (Å²) in [6, 6.07) is 8.84. The third-order valence-electron chi connectivity index (χ3n) is 3.02. The second-order valence-corrected chi connectivity index (χ2v) is 5.79. The van der Waals surface area contributed by atoms with Crippen LogP contribution < -0.4 is 10.1 Å². The van der Waals surface area contributed by atoms with Gasteiger partial charge in [-0.3, -0.25) is 0 Å². The van der Waals surface area contributed by atoms with Crippen molar-refractivity contribution in [3.05, 3.63) is 29.8 Å². The monoisotopic (exact) mass is 251 g/mol. The van der Waals surface area contributed by atoms with Gasteiger partial charge in [-0.15, -0.1) is 0 Å². The van der Waals surface area contributed by atoms with Gasteiger partial charge in [0.05, 0.1) is 11.3 Å². The Hall–Kier alpha value is -0.670. The normalized spacial score (nSPS) is 22.9. The molecule has 0 radical (unpaired) electrons. The maximum Gasteiger partial charge on any atom is 0.124 e. The highest BCUT2D eigenvalue weighted by molar-refractivity contribution is 7.99. The van der Waals surface area contributed by atoms with E-state index in [1.54, 1.807) is 0 Å². The van der Waals surface area contributed by atoms with E-state index in [0.29, 0.717) is 11.3 Å². The first-order valence-electron chi connectivity index (χ1n) is 6.43. The molecular formula is C14H21NOS. The fourth-order valence-electron chi connectivity index (χ4n) is 2.24. The maximum absolute atomic E-state index is 5.84. The third-order valence-corrected chi connectivity index (χ3v) is 4.19. The summed E-state index contributed by atoms with van der Waals surface area (Å²) in [6.45, 7) is 6.30. The molecule has 1 N–H and O–H groups in total. The molecule has 1 aromatic rings. The van der Waals surface area contributed by atoms with Crippen LogP contribution in [0.25, 0.3) is 0 Å². The van der Waals surface area contributed by atoms with Crippen LogP contribution in [0.4, 0.5) is 0 Å². The Labute approximate surface area is 108 Å². The smallest absolute Gasteiger partial charge is 0.124 e. The molecule has 0 fully saturated rings. The van der Waals surface area contributed by atoms with Crippen molar-refractivity contribution in [2.75, 3.05) is 18.9 Å². The molecule has 3 heteroatoms. The number of nitrogens with one attached hydrogen (secondary N) is 1. The first-order chi connectivity index (χ1) is 8.36. The van der Waals surface area contributed by atoms with Crippen LogP contribution in [0.15, 0.2) is 24.3 Å². The minimum atomic E-state index is 0.435. The van der Waals surface area contributed by atoms with Crippen LogP contribution >= 0.6 is 11.8 Å². The molecule has 2 atom stereocenters. The van der Waals surface area contributed by atoms with Crippen molar-refractivity contribution >= 4 is 11.8 Å². The topological polar surface area (TPSA) is 21.3 Å². The number of benzene rings is 1. The van der Waals surface area contributed by atoms with Crippen LogP contribution in [0.1, 0.15) is 31.9 Å². The van der Waals surface area contributed by atoms with E-state index in [1.807, 2.05) is 17.8 Å². The van der Waals surface area contributed by atoms with E-state index >= 15 is 0 Å². The Balaban J connectivity index is 2.19. The average molecular weight is 251 g/mol. The first kappa shape index (κ1) is 12.8. The van der Waals surface area contributed by atoms with Crippen LogP contribution in [-0.2, 0) is 0 Å². The Bertz CT molecular complexity index is 356. The van der Waals surface area contributed by atoms with E-state index in [1.165, 1.54) is 12.0 Å². The lowest BCUT2D eigenvalue weighted by Gasteiger charge is -2.33. The number of para-hydroxylation sites is 1. The Morgan fingerprint density at radius 1 is 1.35 bits per heavy atom. The van der Waals surface area contributed by atoms with Gasteiger partial charge in [0.15, 0.2) is 0 Å². The Morgan fingerprint density at radius 3 is 2.94 bits per heavy atom. The fourth-order valence-corrected chi connectivity index (χ4v) is 3.26. The number of rotatable bonds is 5. The van der Waals surface area contributed by atoms with Gasteiger partial charge in [-0.05, 0) is 24.8 Å². The summed E-state index contributed by atoms with van der Waals surface area (Å²) in [5.41, 5.74) is 1.32. The summed E-state index contributed by atoms with van der Waals surface area (Å²) in [6.07, 6.45) is 1.17. The van der Waals surface area contributed by atoms with Gasteiger partial charge in [0.1, 0.15) is 12.4 Å². The number of hydrogen-bond donors (Lipinski definition) is 1. The van der Waals surface area contributed by atoms with Gasteiger partial charge >= 0.3 is 0 Å². The van der Waals surface area contributed by atoms with Crippen molar-refractivity contribution in [2.24, 2.45) is 0 Å². The van der Waals surface area contributed by atoms with Crippen molar-refractivity contribution in [2.45, 2.75) is 31.6 Å². The highest BCUT2D eigenvalue weighted by Gasteiger charge is 2.29. The fraction of sp³-hybridized carbons (Fsp3) is 0.571. The van der Waals surface area contributed by atoms with Crippen LogP contribution in [0.2, 0.25) is 0 Å². The summed E-state index contributed by atoms with van der Waals surface area (Å²) in [4.78, 5) is 0. The van der Waals surface area contributed by atoms with E-state index in [4.69, 9.17) is 4.74 Å². The zero-order valence-electron chi connectivity index (χ0n) is 10.6. The maximum atomic E-state index is 5.84. The van der Waals surface area contributed by atoms with Crippen molar-refractivity contribution in [3.63, 3.8) is 0 Å². The van der Waals surface area contributed by atoms with Crippen LogP contribution in [0.5, 0.6) is 5.75 Å². The summed E-state index contributed by atoms with van der Waals surface area (Å²) in [5, 5.41) is 4.19. The van der Waals surface area contributed by atoms with Gasteiger partial charge in [-0.1, -0.05) is 32.0 Å². The standard InChI is InChI=1S/C14H21NOS/c1-3-9-15-14-11-7-5-6-8-12(11)16-10-13(14)17-4-2/h5-8,13-15H,3-4,9-10H2,1-2H3. The second-order valence-electron chi connectivity index (χ2n) is 4.27. The van der Waals surface area contributed by atoms with E-state index in [-0.39, 0.29) is 0 Å². The van der Waals surface area contributed by atoms with Crippen LogP contribution in [-0.4, -0.2) is 24.2 Å². The van der Waals surface area contributed by atoms with E-state index in [9.17, 15) is 0 Å². The predicted octanol–water partition coefficient (Wildman–Crippen LogP) is 3.24. The summed E-state index contributed by atoms with van der Waals surface area (Å²) in [7, 11) is 0. The summed E-state index contributed by atoms with van der Waals surface area (Å²) in [5.74, 6) is 2.19. The molecule has 1 aromatic carbocycles. The molecule has 0 saturated carbocycles. The zero-order valence-corrected chi connectivity index (χ0v) is 11.4. The minimum absolute atomic E-state index is 0.435. The van der Waals surface area contributed by atoms with Gasteiger partial charge < -0.3 is 10.1 Å². The molecule has 2 nitrogen and oxygen atoms in total. The lowest BCUT2D eigenvalue weighted by molar-refractivity contribution is 0.260. The number of fused-ring (bicyclic) bond motifs is 1. The van der Waals surface area contributed by atoms with Gasteiger partial charge in [0.2, 0.25) is 0 Å². The number of ether oxygens (including phenoxy) is 1. The first-order valence-corrected chi connectivity index (χ1v) is 7.48. The van der Waals surface area contributed by atoms with Crippen molar-refractivity contribution in [1.29, 1.82) is 0 Å². The minimum Gasteiger partial charge on any atom is -0.492 e. The molecule has 1 aliphatic rings. The quantitative estimate of drug-likeness (QED) is 0.868. The molecule has 17 heavy (non-hydrogen) atoms. The highest BCUT2D eigenvalue weighted by atomic mass is 32.2. The lowest BCUT2D eigenvalue weighted by atomic mass is 10.00. The van der Waals surface area contributed by atoms with E-state index in [0.717, 1.165) is 24.7 Å². The van der Waals surface area contributed by atoms with Gasteiger partial charge in [-0.25, -0.2) is 0 Å². The lowest BCUT2D eigenvalue weighted by Crippen LogP contribution is -2.38. The largest absolute Gasteiger partial charge is 0.492 e. The van der Waals surface area contributed by atoms with Crippen LogP contribution in [0, 0.1) is 0 Å². The molecule has 1 heterocycles. The molecule has 0 aliphatic carbocycles. The molecular weight excluding hydrogens is 230 g/mol. The Kier molecular flexibility index (Phi) is 4.75. The second kappa shape index (κ2) is 6.31. The highest BCUT2D eigenvalue weighted by Crippen LogP contribution is 2.36. The summed E-state index contributed by atoms with van der Waals surface area (Å²) >= 11 is 1.99. The van der Waals surface area contributed by atoms with Gasteiger partial charge in [0.25, 0.3) is 0 Å². The average Bonchev–Trinajstić information content (AvgIpc) is 2.37. The zero-order chi connectivity index (χ0) is 12.1. The molecule has 0 saturated heterocycles. The van der Waals surface area contributed by atoms with Crippen molar-refractivity contribution in [1.82, 2.24) is 5.32 Å². The molecule has 0 amide bonds. The van der Waals surface area contributed by atoms with Crippen LogP contribution in [0.3, 0.4) is 0 Å². The van der Waals surface area contributed by atoms with E-state index < -0.39 is 0 Å². The third kappa shape index (κ3) is 2.96. The van der Waals surface area contributed by atoms with Crippen molar-refractivity contribution < 1.29 is 4.74 Å². The van der Waals surface area contributed by atoms with E-state index in [2.05, 4.69) is 37.4 Å². The number of hydrogen-bond acceptors (Lipinski definition) is 3. The molecule has 0 spiro atoms. The number of thioether (sulfide) groups is 1. The molecule has 0 bridgehead atoms. The molecule has 0 aromatic heterocycles.